The maximum atomic E-state index is 13.1. The number of alkyl halides is 3. The van der Waals surface area contributed by atoms with Crippen molar-refractivity contribution in [1.29, 1.82) is 0 Å². The molecule has 4 unspecified atom stereocenters. The summed E-state index contributed by atoms with van der Waals surface area (Å²) >= 11 is 0. The number of unbranched alkanes of at least 4 members (excludes halogenated alkanes) is 1. The summed E-state index contributed by atoms with van der Waals surface area (Å²) in [6.45, 7) is 4.18. The van der Waals surface area contributed by atoms with Gasteiger partial charge < -0.3 is 5.11 Å². The fourth-order valence-corrected chi connectivity index (χ4v) is 3.52. The van der Waals surface area contributed by atoms with Gasteiger partial charge in [0.2, 0.25) is 0 Å². The standard InChI is InChI=1S/C16H29F3O/c1-3-5-8-12(4-2)11-15(20)13-9-6-7-10-14(13)16(17,18)19/h12-15,20H,3-11H2,1-2H3. The van der Waals surface area contributed by atoms with E-state index in [1.165, 1.54) is 0 Å². The molecule has 0 aliphatic heterocycles. The van der Waals surface area contributed by atoms with Crippen LogP contribution in [0.25, 0.3) is 0 Å². The minimum absolute atomic E-state index is 0.191. The molecule has 1 fully saturated rings. The van der Waals surface area contributed by atoms with Crippen molar-refractivity contribution < 1.29 is 18.3 Å². The second-order valence-corrected chi connectivity index (χ2v) is 6.32. The zero-order chi connectivity index (χ0) is 15.2. The number of aliphatic hydroxyl groups is 1. The van der Waals surface area contributed by atoms with E-state index in [9.17, 15) is 18.3 Å². The molecule has 0 aromatic heterocycles. The number of halogens is 3. The highest BCUT2D eigenvalue weighted by Crippen LogP contribution is 2.44. The zero-order valence-electron chi connectivity index (χ0n) is 12.8. The Morgan fingerprint density at radius 2 is 1.80 bits per heavy atom. The highest BCUT2D eigenvalue weighted by molar-refractivity contribution is 4.85. The summed E-state index contributed by atoms with van der Waals surface area (Å²) in [5.41, 5.74) is 0. The summed E-state index contributed by atoms with van der Waals surface area (Å²) in [4.78, 5) is 0. The van der Waals surface area contributed by atoms with E-state index in [2.05, 4.69) is 13.8 Å². The van der Waals surface area contributed by atoms with Crippen LogP contribution < -0.4 is 0 Å². The van der Waals surface area contributed by atoms with Crippen molar-refractivity contribution in [3.8, 4) is 0 Å². The smallest absolute Gasteiger partial charge is 0.392 e. The van der Waals surface area contributed by atoms with E-state index in [1.807, 2.05) is 0 Å². The molecule has 1 aliphatic carbocycles. The molecule has 1 rings (SSSR count). The first kappa shape index (κ1) is 17.8. The second kappa shape index (κ2) is 8.26. The van der Waals surface area contributed by atoms with Crippen LogP contribution >= 0.6 is 0 Å². The van der Waals surface area contributed by atoms with Gasteiger partial charge in [0.1, 0.15) is 0 Å². The van der Waals surface area contributed by atoms with Gasteiger partial charge in [0.25, 0.3) is 0 Å². The van der Waals surface area contributed by atoms with Crippen LogP contribution in [0, 0.1) is 17.8 Å². The van der Waals surface area contributed by atoms with Gasteiger partial charge in [-0.25, -0.2) is 0 Å². The SMILES string of the molecule is CCCCC(CC)CC(O)C1CCCCC1C(F)(F)F. The van der Waals surface area contributed by atoms with Crippen molar-refractivity contribution in [3.63, 3.8) is 0 Å². The molecule has 4 heteroatoms. The minimum Gasteiger partial charge on any atom is -0.393 e. The summed E-state index contributed by atoms with van der Waals surface area (Å²) in [7, 11) is 0. The van der Waals surface area contributed by atoms with E-state index in [4.69, 9.17) is 0 Å². The first-order valence-electron chi connectivity index (χ1n) is 8.14. The largest absolute Gasteiger partial charge is 0.393 e. The van der Waals surface area contributed by atoms with Gasteiger partial charge in [0, 0.05) is 0 Å². The van der Waals surface area contributed by atoms with Gasteiger partial charge in [-0.15, -0.1) is 0 Å². The van der Waals surface area contributed by atoms with E-state index in [1.54, 1.807) is 0 Å². The average molecular weight is 294 g/mol. The minimum atomic E-state index is -4.16. The average Bonchev–Trinajstić information content (AvgIpc) is 2.42. The molecule has 1 aliphatic rings. The molecule has 0 radical (unpaired) electrons. The molecule has 120 valence electrons. The Hall–Kier alpha value is -0.250. The van der Waals surface area contributed by atoms with Gasteiger partial charge >= 0.3 is 6.18 Å². The lowest BCUT2D eigenvalue weighted by Gasteiger charge is -2.37. The summed E-state index contributed by atoms with van der Waals surface area (Å²) in [6.07, 6.45) is 1.93. The summed E-state index contributed by atoms with van der Waals surface area (Å²) in [6, 6.07) is 0. The van der Waals surface area contributed by atoms with Gasteiger partial charge in [0.15, 0.2) is 0 Å². The first-order chi connectivity index (χ1) is 9.40. The molecule has 0 saturated heterocycles. The predicted octanol–water partition coefficient (Wildman–Crippen LogP) is 5.32. The Bertz CT molecular complexity index is 265. The van der Waals surface area contributed by atoms with Gasteiger partial charge in [-0.2, -0.15) is 13.2 Å². The van der Waals surface area contributed by atoms with E-state index < -0.39 is 24.1 Å². The van der Waals surface area contributed by atoms with Gasteiger partial charge in [-0.3, -0.25) is 0 Å². The molecule has 1 nitrogen and oxygen atoms in total. The molecule has 0 bridgehead atoms. The molecule has 4 atom stereocenters. The normalized spacial score (nSPS) is 27.3. The van der Waals surface area contributed by atoms with Crippen LogP contribution in [0.15, 0.2) is 0 Å². The van der Waals surface area contributed by atoms with Crippen LogP contribution in [0.5, 0.6) is 0 Å². The van der Waals surface area contributed by atoms with Crippen molar-refractivity contribution in [2.45, 2.75) is 83.9 Å². The van der Waals surface area contributed by atoms with Crippen LogP contribution in [0.1, 0.15) is 71.6 Å². The van der Waals surface area contributed by atoms with Crippen LogP contribution in [-0.2, 0) is 0 Å². The molecular formula is C16H29F3O. The van der Waals surface area contributed by atoms with Crippen molar-refractivity contribution in [2.75, 3.05) is 0 Å². The molecule has 20 heavy (non-hydrogen) atoms. The highest BCUT2D eigenvalue weighted by Gasteiger charge is 2.47. The molecule has 0 aromatic carbocycles. The third-order valence-corrected chi connectivity index (χ3v) is 4.85. The second-order valence-electron chi connectivity index (χ2n) is 6.32. The monoisotopic (exact) mass is 294 g/mol. The first-order valence-corrected chi connectivity index (χ1v) is 8.14. The molecule has 0 spiro atoms. The molecule has 0 amide bonds. The molecule has 0 heterocycles. The number of hydrogen-bond acceptors (Lipinski definition) is 1. The Labute approximate surface area is 120 Å². The Morgan fingerprint density at radius 1 is 1.15 bits per heavy atom. The van der Waals surface area contributed by atoms with E-state index in [0.29, 0.717) is 25.2 Å². The third-order valence-electron chi connectivity index (χ3n) is 4.85. The van der Waals surface area contributed by atoms with Crippen LogP contribution in [0.2, 0.25) is 0 Å². The quantitative estimate of drug-likeness (QED) is 0.673. The van der Waals surface area contributed by atoms with Gasteiger partial charge in [0.05, 0.1) is 12.0 Å². The van der Waals surface area contributed by atoms with Crippen molar-refractivity contribution in [1.82, 2.24) is 0 Å². The molecular weight excluding hydrogens is 265 g/mol. The third kappa shape index (κ3) is 5.27. The summed E-state index contributed by atoms with van der Waals surface area (Å²) in [5.74, 6) is -1.52. The van der Waals surface area contributed by atoms with Crippen LogP contribution in [-0.4, -0.2) is 17.4 Å². The Balaban J connectivity index is 2.60. The lowest BCUT2D eigenvalue weighted by molar-refractivity contribution is -0.207. The summed E-state index contributed by atoms with van der Waals surface area (Å²) < 4.78 is 39.2. The lowest BCUT2D eigenvalue weighted by Crippen LogP contribution is -2.40. The van der Waals surface area contributed by atoms with Crippen LogP contribution in [0.4, 0.5) is 13.2 Å². The highest BCUT2D eigenvalue weighted by atomic mass is 19.4. The van der Waals surface area contributed by atoms with E-state index in [-0.39, 0.29) is 6.42 Å². The lowest BCUT2D eigenvalue weighted by atomic mass is 9.73. The van der Waals surface area contributed by atoms with Crippen LogP contribution in [0.3, 0.4) is 0 Å². The Morgan fingerprint density at radius 3 is 2.35 bits per heavy atom. The van der Waals surface area contributed by atoms with Gasteiger partial charge in [-0.1, -0.05) is 52.4 Å². The van der Waals surface area contributed by atoms with Crippen molar-refractivity contribution >= 4 is 0 Å². The fraction of sp³-hybridized carbons (Fsp3) is 1.00. The van der Waals surface area contributed by atoms with Crippen molar-refractivity contribution in [3.05, 3.63) is 0 Å². The molecule has 1 N–H and O–H groups in total. The van der Waals surface area contributed by atoms with Gasteiger partial charge in [-0.05, 0) is 31.1 Å². The van der Waals surface area contributed by atoms with E-state index in [0.717, 1.165) is 32.1 Å². The summed E-state index contributed by atoms with van der Waals surface area (Å²) in [5, 5.41) is 10.3. The molecule has 1 saturated carbocycles. The maximum Gasteiger partial charge on any atom is 0.392 e. The number of hydrogen-bond donors (Lipinski definition) is 1. The Kier molecular flexibility index (Phi) is 7.35. The number of rotatable bonds is 7. The maximum absolute atomic E-state index is 13.1. The topological polar surface area (TPSA) is 20.2 Å². The van der Waals surface area contributed by atoms with Crippen molar-refractivity contribution in [2.24, 2.45) is 17.8 Å². The zero-order valence-corrected chi connectivity index (χ0v) is 12.8. The number of aliphatic hydroxyl groups excluding tert-OH is 1. The fourth-order valence-electron chi connectivity index (χ4n) is 3.52. The molecule has 0 aromatic rings. The van der Waals surface area contributed by atoms with E-state index >= 15 is 0 Å². The predicted molar refractivity (Wildman–Crippen MR) is 75.4 cm³/mol.